The topological polar surface area (TPSA) is 59.3 Å². The predicted octanol–water partition coefficient (Wildman–Crippen LogP) is 2.64. The van der Waals surface area contributed by atoms with Crippen LogP contribution in [0.15, 0.2) is 39.7 Å². The minimum absolute atomic E-state index is 0.130. The van der Waals surface area contributed by atoms with Crippen LogP contribution in [-0.2, 0) is 4.79 Å². The fourth-order valence-electron chi connectivity index (χ4n) is 1.85. The van der Waals surface area contributed by atoms with E-state index in [1.807, 2.05) is 19.9 Å². The Labute approximate surface area is 117 Å². The first-order valence-corrected chi connectivity index (χ1v) is 6.60. The zero-order valence-electron chi connectivity index (χ0n) is 11.6. The van der Waals surface area contributed by atoms with Crippen molar-refractivity contribution >= 4 is 23.0 Å². The monoisotopic (exact) mass is 271 g/mol. The molecular weight excluding hydrogens is 254 g/mol. The van der Waals surface area contributed by atoms with Gasteiger partial charge in [0, 0.05) is 12.6 Å². The van der Waals surface area contributed by atoms with E-state index in [9.17, 15) is 9.59 Å². The Morgan fingerprint density at radius 2 is 2.20 bits per heavy atom. The van der Waals surface area contributed by atoms with Gasteiger partial charge in [-0.15, -0.1) is 0 Å². The van der Waals surface area contributed by atoms with Crippen LogP contribution in [0, 0.1) is 6.92 Å². The van der Waals surface area contributed by atoms with E-state index < -0.39 is 0 Å². The summed E-state index contributed by atoms with van der Waals surface area (Å²) in [4.78, 5) is 23.7. The van der Waals surface area contributed by atoms with Crippen molar-refractivity contribution in [2.24, 2.45) is 0 Å². The van der Waals surface area contributed by atoms with Crippen molar-refractivity contribution in [2.75, 3.05) is 6.54 Å². The summed E-state index contributed by atoms with van der Waals surface area (Å²) in [6.07, 6.45) is 5.09. The van der Waals surface area contributed by atoms with Gasteiger partial charge in [-0.1, -0.05) is 18.6 Å². The molecule has 1 aromatic carbocycles. The van der Waals surface area contributed by atoms with Crippen LogP contribution in [0.4, 0.5) is 0 Å². The van der Waals surface area contributed by atoms with Crippen LogP contribution in [0.3, 0.4) is 0 Å². The third-order valence-electron chi connectivity index (χ3n) is 2.92. The average Bonchev–Trinajstić information content (AvgIpc) is 2.45. The van der Waals surface area contributed by atoms with E-state index >= 15 is 0 Å². The van der Waals surface area contributed by atoms with Crippen molar-refractivity contribution in [1.29, 1.82) is 0 Å². The van der Waals surface area contributed by atoms with Gasteiger partial charge < -0.3 is 9.73 Å². The molecule has 2 aromatic rings. The third kappa shape index (κ3) is 3.15. The second-order valence-electron chi connectivity index (χ2n) is 4.64. The van der Waals surface area contributed by atoms with E-state index in [0.29, 0.717) is 23.1 Å². The van der Waals surface area contributed by atoms with Crippen LogP contribution < -0.4 is 10.7 Å². The number of amides is 1. The molecule has 104 valence electrons. The molecule has 20 heavy (non-hydrogen) atoms. The Kier molecular flexibility index (Phi) is 4.35. The Balaban J connectivity index is 2.31. The van der Waals surface area contributed by atoms with Gasteiger partial charge in [0.25, 0.3) is 0 Å². The van der Waals surface area contributed by atoms with E-state index in [4.69, 9.17) is 4.42 Å². The summed E-state index contributed by atoms with van der Waals surface area (Å²) in [5.74, 6) is -0.212. The van der Waals surface area contributed by atoms with Crippen LogP contribution >= 0.6 is 0 Å². The molecule has 0 aliphatic rings. The van der Waals surface area contributed by atoms with Crippen molar-refractivity contribution in [3.63, 3.8) is 0 Å². The maximum Gasteiger partial charge on any atom is 0.244 e. The van der Waals surface area contributed by atoms with E-state index in [1.54, 1.807) is 12.1 Å². The summed E-state index contributed by atoms with van der Waals surface area (Å²) < 4.78 is 5.41. The molecule has 0 saturated carbocycles. The average molecular weight is 271 g/mol. The van der Waals surface area contributed by atoms with Gasteiger partial charge in [0.05, 0.1) is 10.9 Å². The summed E-state index contributed by atoms with van der Waals surface area (Å²) in [5, 5.41) is 3.24. The number of hydrogen-bond acceptors (Lipinski definition) is 3. The standard InChI is InChI=1S/C16H17NO3/c1-3-8-17-15(18)7-5-12-10-20-14-6-4-11(2)9-13(14)16(12)19/h4-7,9-10H,3,8H2,1-2H3,(H,17,18)/b7-5+. The van der Waals surface area contributed by atoms with Crippen LogP contribution in [0.25, 0.3) is 17.0 Å². The lowest BCUT2D eigenvalue weighted by Crippen LogP contribution is -2.21. The van der Waals surface area contributed by atoms with Crippen molar-refractivity contribution in [2.45, 2.75) is 20.3 Å². The SMILES string of the molecule is CCCNC(=O)/C=C/c1coc2ccc(C)cc2c1=O. The highest BCUT2D eigenvalue weighted by Gasteiger charge is 2.05. The van der Waals surface area contributed by atoms with Gasteiger partial charge >= 0.3 is 0 Å². The van der Waals surface area contributed by atoms with Gasteiger partial charge in [-0.25, -0.2) is 0 Å². The molecule has 0 aliphatic carbocycles. The molecule has 4 heteroatoms. The third-order valence-corrected chi connectivity index (χ3v) is 2.92. The normalized spacial score (nSPS) is 11.1. The molecule has 0 saturated heterocycles. The summed E-state index contributed by atoms with van der Waals surface area (Å²) in [7, 11) is 0. The Morgan fingerprint density at radius 1 is 1.40 bits per heavy atom. The second kappa shape index (κ2) is 6.19. The smallest absolute Gasteiger partial charge is 0.244 e. The van der Waals surface area contributed by atoms with Crippen molar-refractivity contribution in [1.82, 2.24) is 5.32 Å². The molecular formula is C16H17NO3. The summed E-state index contributed by atoms with van der Waals surface area (Å²) in [5.41, 5.74) is 1.78. The molecule has 0 radical (unpaired) electrons. The van der Waals surface area contributed by atoms with Crippen LogP contribution in [0.5, 0.6) is 0 Å². The number of fused-ring (bicyclic) bond motifs is 1. The molecule has 1 amide bonds. The van der Waals surface area contributed by atoms with E-state index in [-0.39, 0.29) is 11.3 Å². The Hall–Kier alpha value is -2.36. The minimum atomic E-state index is -0.212. The van der Waals surface area contributed by atoms with Gasteiger partial charge in [-0.2, -0.15) is 0 Å². The Bertz CT molecular complexity index is 713. The zero-order valence-corrected chi connectivity index (χ0v) is 11.6. The zero-order chi connectivity index (χ0) is 14.5. The molecule has 1 aromatic heterocycles. The summed E-state index contributed by atoms with van der Waals surface area (Å²) in [6, 6.07) is 5.45. The van der Waals surface area contributed by atoms with Crippen LogP contribution in [0.2, 0.25) is 0 Å². The predicted molar refractivity (Wildman–Crippen MR) is 79.6 cm³/mol. The van der Waals surface area contributed by atoms with E-state index in [0.717, 1.165) is 12.0 Å². The molecule has 1 N–H and O–H groups in total. The largest absolute Gasteiger partial charge is 0.463 e. The number of carbonyl (C=O) groups is 1. The highest BCUT2D eigenvalue weighted by molar-refractivity contribution is 5.92. The van der Waals surface area contributed by atoms with Crippen molar-refractivity contribution < 1.29 is 9.21 Å². The van der Waals surface area contributed by atoms with Crippen LogP contribution in [0.1, 0.15) is 24.5 Å². The van der Waals surface area contributed by atoms with Crippen LogP contribution in [-0.4, -0.2) is 12.5 Å². The summed E-state index contributed by atoms with van der Waals surface area (Å²) in [6.45, 7) is 4.51. The van der Waals surface area contributed by atoms with Gasteiger partial charge in [-0.3, -0.25) is 9.59 Å². The number of nitrogens with one attached hydrogen (secondary N) is 1. The highest BCUT2D eigenvalue weighted by Crippen LogP contribution is 2.13. The van der Waals surface area contributed by atoms with E-state index in [2.05, 4.69) is 5.32 Å². The number of hydrogen-bond donors (Lipinski definition) is 1. The molecule has 2 rings (SSSR count). The maximum atomic E-state index is 12.3. The van der Waals surface area contributed by atoms with Gasteiger partial charge in [-0.05, 0) is 31.6 Å². The molecule has 0 unspecified atom stereocenters. The van der Waals surface area contributed by atoms with Crippen molar-refractivity contribution in [3.8, 4) is 0 Å². The number of carbonyl (C=O) groups excluding carboxylic acids is 1. The van der Waals surface area contributed by atoms with Crippen molar-refractivity contribution in [3.05, 3.63) is 51.9 Å². The molecule has 0 fully saturated rings. The molecule has 4 nitrogen and oxygen atoms in total. The quantitative estimate of drug-likeness (QED) is 0.870. The first-order chi connectivity index (χ1) is 9.61. The second-order valence-corrected chi connectivity index (χ2v) is 4.64. The van der Waals surface area contributed by atoms with E-state index in [1.165, 1.54) is 18.4 Å². The maximum absolute atomic E-state index is 12.3. The summed E-state index contributed by atoms with van der Waals surface area (Å²) >= 11 is 0. The minimum Gasteiger partial charge on any atom is -0.463 e. The lowest BCUT2D eigenvalue weighted by atomic mass is 10.1. The molecule has 0 aliphatic heterocycles. The van der Waals surface area contributed by atoms with Gasteiger partial charge in [0.2, 0.25) is 5.91 Å². The molecule has 0 atom stereocenters. The molecule has 0 spiro atoms. The number of benzene rings is 1. The number of aryl methyl sites for hydroxylation is 1. The first-order valence-electron chi connectivity index (χ1n) is 6.60. The number of rotatable bonds is 4. The highest BCUT2D eigenvalue weighted by atomic mass is 16.3. The molecule has 0 bridgehead atoms. The fraction of sp³-hybridized carbons (Fsp3) is 0.250. The van der Waals surface area contributed by atoms with Gasteiger partial charge in [0.1, 0.15) is 11.8 Å². The Morgan fingerprint density at radius 3 is 2.95 bits per heavy atom. The lowest BCUT2D eigenvalue weighted by Gasteiger charge is -2.00. The molecule has 1 heterocycles. The first kappa shape index (κ1) is 14.1. The van der Waals surface area contributed by atoms with Gasteiger partial charge in [0.15, 0.2) is 5.43 Å². The lowest BCUT2D eigenvalue weighted by molar-refractivity contribution is -0.116. The fourth-order valence-corrected chi connectivity index (χ4v) is 1.85.